The summed E-state index contributed by atoms with van der Waals surface area (Å²) in [6.07, 6.45) is -0.142. The molecule has 0 spiro atoms. The van der Waals surface area contributed by atoms with E-state index in [2.05, 4.69) is 20.9 Å². The van der Waals surface area contributed by atoms with Crippen molar-refractivity contribution in [3.63, 3.8) is 0 Å². The average molecular weight is 420 g/mol. The van der Waals surface area contributed by atoms with E-state index in [1.807, 2.05) is 6.92 Å². The van der Waals surface area contributed by atoms with E-state index in [1.54, 1.807) is 33.0 Å². The van der Waals surface area contributed by atoms with Gasteiger partial charge in [0, 0.05) is 39.8 Å². The molecule has 0 saturated carbocycles. The monoisotopic (exact) mass is 420 g/mol. The van der Waals surface area contributed by atoms with Crippen molar-refractivity contribution in [2.75, 3.05) is 7.11 Å². The van der Waals surface area contributed by atoms with Crippen LogP contribution in [0.25, 0.3) is 0 Å². The molecule has 1 atom stereocenters. The van der Waals surface area contributed by atoms with Crippen LogP contribution in [0.5, 0.6) is 0 Å². The minimum atomic E-state index is -0.833. The molecule has 1 amide bonds. The molecule has 0 N–H and O–H groups in total. The molecule has 1 heterocycles. The van der Waals surface area contributed by atoms with Crippen molar-refractivity contribution in [2.24, 2.45) is 12.0 Å². The van der Waals surface area contributed by atoms with E-state index in [-0.39, 0.29) is 38.3 Å². The second-order valence-electron chi connectivity index (χ2n) is 5.23. The fraction of sp³-hybridized carbons (Fsp3) is 0.375. The van der Waals surface area contributed by atoms with Crippen LogP contribution in [0.15, 0.2) is 23.5 Å². The van der Waals surface area contributed by atoms with E-state index in [0.29, 0.717) is 5.56 Å². The van der Waals surface area contributed by atoms with Gasteiger partial charge in [-0.05, 0) is 6.92 Å². The molecule has 1 aromatic carbocycles. The van der Waals surface area contributed by atoms with Crippen molar-refractivity contribution in [2.45, 2.75) is 27.0 Å². The standard InChI is InChI=1S/C16H19N4O4.Y/c1-10-6-7-13(11(2)8-10)14(21)18-15-19(4)17-9-20(15)12(3)24-16(22)23-5;/h6-7,9,12H,1-5H3;/q-1;. The normalized spacial score (nSPS) is 12.3. The number of hydrogen-bond donors (Lipinski definition) is 0. The van der Waals surface area contributed by atoms with Crippen LogP contribution < -0.4 is 5.62 Å². The van der Waals surface area contributed by atoms with Crippen molar-refractivity contribution in [3.8, 4) is 0 Å². The zero-order valence-corrected chi connectivity index (χ0v) is 17.6. The van der Waals surface area contributed by atoms with Crippen LogP contribution >= 0.6 is 0 Å². The Labute approximate surface area is 170 Å². The van der Waals surface area contributed by atoms with Crippen LogP contribution in [-0.2, 0) is 49.2 Å². The first-order chi connectivity index (χ1) is 11.3. The Balaban J connectivity index is 0.00000312. The van der Waals surface area contributed by atoms with E-state index < -0.39 is 18.3 Å². The van der Waals surface area contributed by atoms with Gasteiger partial charge in [-0.1, -0.05) is 19.4 Å². The summed E-state index contributed by atoms with van der Waals surface area (Å²) in [5.41, 5.74) is 2.36. The fourth-order valence-electron chi connectivity index (χ4n) is 2.16. The number of carbonyl (C=O) groups excluding carboxylic acids is 2. The van der Waals surface area contributed by atoms with Gasteiger partial charge in [0.1, 0.15) is 6.33 Å². The average Bonchev–Trinajstić information content (AvgIpc) is 2.88. The van der Waals surface area contributed by atoms with Gasteiger partial charge in [-0.15, -0.1) is 0 Å². The Hall–Kier alpha value is -1.80. The van der Waals surface area contributed by atoms with Crippen molar-refractivity contribution < 1.29 is 51.8 Å². The summed E-state index contributed by atoms with van der Waals surface area (Å²) < 4.78 is 12.4. The van der Waals surface area contributed by atoms with Crippen LogP contribution in [0.2, 0.25) is 0 Å². The molecule has 1 unspecified atom stereocenters. The molecule has 0 aliphatic heterocycles. The quantitative estimate of drug-likeness (QED) is 0.557. The molecule has 0 aliphatic rings. The maximum absolute atomic E-state index is 12.5. The number of benzene rings is 1. The molecule has 9 heteroatoms. The molecule has 25 heavy (non-hydrogen) atoms. The van der Waals surface area contributed by atoms with Gasteiger partial charge in [0.25, 0.3) is 0 Å². The summed E-state index contributed by atoms with van der Waals surface area (Å²) in [6, 6.07) is 6.60. The molecule has 0 fully saturated rings. The Kier molecular flexibility index (Phi) is 7.70. The minimum Gasteiger partial charge on any atom is -0.438 e. The second-order valence-corrected chi connectivity index (χ2v) is 5.23. The predicted molar refractivity (Wildman–Crippen MR) is 84.0 cm³/mol. The third-order valence-corrected chi connectivity index (χ3v) is 3.42. The number of rotatable bonds is 3. The zero-order valence-electron chi connectivity index (χ0n) is 14.8. The second kappa shape index (κ2) is 9.05. The van der Waals surface area contributed by atoms with Crippen molar-refractivity contribution >= 4 is 12.1 Å². The first kappa shape index (κ1) is 21.2. The van der Waals surface area contributed by atoms with E-state index in [1.165, 1.54) is 22.7 Å². The number of methoxy groups -OCH3 is 1. The molecular weight excluding hydrogens is 401 g/mol. The van der Waals surface area contributed by atoms with Crippen LogP contribution in [-0.4, -0.2) is 33.5 Å². The molecule has 1 radical (unpaired) electrons. The summed E-state index contributed by atoms with van der Waals surface area (Å²) in [7, 11) is 2.86. The number of carbonyl (C=O) groups is 2. The molecule has 2 rings (SSSR count). The SMILES string of the molecule is COC(=O)OC(C)n1cnn(C)c1=NC(=O)c1ccc(C)[c-]c1C.[Y]. The van der Waals surface area contributed by atoms with E-state index in [4.69, 9.17) is 4.74 Å². The van der Waals surface area contributed by atoms with E-state index in [0.717, 1.165) is 11.1 Å². The van der Waals surface area contributed by atoms with E-state index >= 15 is 0 Å². The Morgan fingerprint density at radius 2 is 2.00 bits per heavy atom. The van der Waals surface area contributed by atoms with Gasteiger partial charge in [-0.25, -0.2) is 9.48 Å². The number of aromatic nitrogens is 3. The van der Waals surface area contributed by atoms with Crippen LogP contribution in [0.3, 0.4) is 0 Å². The van der Waals surface area contributed by atoms with Crippen LogP contribution in [0.4, 0.5) is 4.79 Å². The minimum absolute atomic E-state index is 0. The first-order valence-corrected chi connectivity index (χ1v) is 7.26. The van der Waals surface area contributed by atoms with Crippen molar-refractivity contribution in [1.82, 2.24) is 14.3 Å². The van der Waals surface area contributed by atoms with Crippen LogP contribution in [0.1, 0.15) is 34.6 Å². The van der Waals surface area contributed by atoms with Gasteiger partial charge in [0.05, 0.1) is 7.11 Å². The molecule has 0 saturated heterocycles. The summed E-state index contributed by atoms with van der Waals surface area (Å²) in [6.45, 7) is 5.32. The Morgan fingerprint density at radius 1 is 1.32 bits per heavy atom. The Bertz CT molecular complexity index is 841. The van der Waals surface area contributed by atoms with Crippen molar-refractivity contribution in [1.29, 1.82) is 0 Å². The molecule has 8 nitrogen and oxygen atoms in total. The summed E-state index contributed by atoms with van der Waals surface area (Å²) in [4.78, 5) is 27.8. The fourth-order valence-corrected chi connectivity index (χ4v) is 2.16. The van der Waals surface area contributed by atoms with Crippen molar-refractivity contribution in [3.05, 3.63) is 46.8 Å². The number of hydrogen-bond acceptors (Lipinski definition) is 5. The molecule has 1 aromatic heterocycles. The molecule has 131 valence electrons. The Morgan fingerprint density at radius 3 is 2.60 bits per heavy atom. The first-order valence-electron chi connectivity index (χ1n) is 7.26. The number of amides is 1. The van der Waals surface area contributed by atoms with Gasteiger partial charge < -0.3 is 9.47 Å². The van der Waals surface area contributed by atoms with Gasteiger partial charge in [0.2, 0.25) is 11.5 Å². The molecule has 0 bridgehead atoms. The number of aryl methyl sites for hydroxylation is 3. The molecule has 2 aromatic rings. The zero-order chi connectivity index (χ0) is 17.9. The predicted octanol–water partition coefficient (Wildman–Crippen LogP) is 1.68. The summed E-state index contributed by atoms with van der Waals surface area (Å²) in [5.74, 6) is -0.425. The third-order valence-electron chi connectivity index (χ3n) is 3.42. The topological polar surface area (TPSA) is 87.7 Å². The van der Waals surface area contributed by atoms with Crippen LogP contribution in [0, 0.1) is 19.9 Å². The third kappa shape index (κ3) is 5.09. The number of ether oxygens (including phenoxy) is 2. The largest absolute Gasteiger partial charge is 0.509 e. The number of nitrogens with zero attached hydrogens (tertiary/aromatic N) is 4. The van der Waals surface area contributed by atoms with E-state index in [9.17, 15) is 9.59 Å². The summed E-state index contributed by atoms with van der Waals surface area (Å²) in [5, 5.41) is 4.05. The maximum Gasteiger partial charge on any atom is 0.509 e. The smallest absolute Gasteiger partial charge is 0.438 e. The van der Waals surface area contributed by atoms with Gasteiger partial charge in [-0.2, -0.15) is 39.4 Å². The van der Waals surface area contributed by atoms with Gasteiger partial charge in [0.15, 0.2) is 6.23 Å². The van der Waals surface area contributed by atoms with Gasteiger partial charge in [-0.3, -0.25) is 9.36 Å². The molecule has 0 aliphatic carbocycles. The maximum atomic E-state index is 12.5. The van der Waals surface area contributed by atoms with Gasteiger partial charge >= 0.3 is 6.16 Å². The molecular formula is C16H19N4O4Y-. The summed E-state index contributed by atoms with van der Waals surface area (Å²) >= 11 is 0.